The quantitative estimate of drug-likeness (QED) is 0.865. The van der Waals surface area contributed by atoms with Gasteiger partial charge in [-0.15, -0.1) is 11.3 Å². The van der Waals surface area contributed by atoms with E-state index in [-0.39, 0.29) is 12.1 Å². The van der Waals surface area contributed by atoms with Crippen LogP contribution in [0.2, 0.25) is 0 Å². The first-order valence-corrected chi connectivity index (χ1v) is 6.92. The highest BCUT2D eigenvalue weighted by Crippen LogP contribution is 2.27. The molecule has 1 aromatic carbocycles. The predicted molar refractivity (Wildman–Crippen MR) is 77.8 cm³/mol. The summed E-state index contributed by atoms with van der Waals surface area (Å²) in [4.78, 5) is 2.57. The summed E-state index contributed by atoms with van der Waals surface area (Å²) < 4.78 is 0. The van der Waals surface area contributed by atoms with E-state index in [0.717, 1.165) is 6.54 Å². The van der Waals surface area contributed by atoms with Crippen molar-refractivity contribution in [1.82, 2.24) is 5.32 Å². The summed E-state index contributed by atoms with van der Waals surface area (Å²) in [6.07, 6.45) is 0. The molecule has 0 saturated carbocycles. The topological polar surface area (TPSA) is 32.3 Å². The summed E-state index contributed by atoms with van der Waals surface area (Å²) in [5.74, 6) is 0. The van der Waals surface area contributed by atoms with Gasteiger partial charge in [0, 0.05) is 21.8 Å². The minimum absolute atomic E-state index is 0.143. The van der Waals surface area contributed by atoms with Crippen LogP contribution in [0.25, 0.3) is 10.4 Å². The maximum Gasteiger partial charge on any atom is 0.0607 e. The van der Waals surface area contributed by atoms with Gasteiger partial charge in [-0.1, -0.05) is 30.3 Å². The second kappa shape index (κ2) is 5.65. The zero-order chi connectivity index (χ0) is 13.0. The first kappa shape index (κ1) is 13.3. The Hall–Kier alpha value is -1.16. The van der Waals surface area contributed by atoms with Gasteiger partial charge in [0.05, 0.1) is 6.61 Å². The fraction of sp³-hybridized carbons (Fsp3) is 0.333. The second-order valence-electron chi connectivity index (χ2n) is 5.03. The largest absolute Gasteiger partial charge is 0.394 e. The highest BCUT2D eigenvalue weighted by atomic mass is 32.1. The van der Waals surface area contributed by atoms with E-state index < -0.39 is 0 Å². The van der Waals surface area contributed by atoms with Crippen molar-refractivity contribution in [2.24, 2.45) is 0 Å². The van der Waals surface area contributed by atoms with Gasteiger partial charge in [0.15, 0.2) is 0 Å². The maximum absolute atomic E-state index is 9.20. The summed E-state index contributed by atoms with van der Waals surface area (Å²) in [6, 6.07) is 14.7. The molecule has 0 spiro atoms. The number of benzene rings is 1. The monoisotopic (exact) mass is 261 g/mol. The molecule has 0 radical (unpaired) electrons. The molecule has 0 fully saturated rings. The van der Waals surface area contributed by atoms with Crippen molar-refractivity contribution in [3.05, 3.63) is 47.3 Å². The van der Waals surface area contributed by atoms with Crippen LogP contribution in [0.3, 0.4) is 0 Å². The number of hydrogen-bond acceptors (Lipinski definition) is 3. The Balaban J connectivity index is 2.03. The number of aliphatic hydroxyl groups is 1. The SMILES string of the molecule is CC(C)(CO)NCc1ccc(-c2ccccc2)s1. The minimum Gasteiger partial charge on any atom is -0.394 e. The van der Waals surface area contributed by atoms with E-state index in [0.29, 0.717) is 0 Å². The van der Waals surface area contributed by atoms with Gasteiger partial charge in [-0.2, -0.15) is 0 Å². The van der Waals surface area contributed by atoms with Crippen LogP contribution in [-0.4, -0.2) is 17.3 Å². The van der Waals surface area contributed by atoms with Crippen LogP contribution in [0.4, 0.5) is 0 Å². The summed E-state index contributed by atoms with van der Waals surface area (Å²) in [5, 5.41) is 12.5. The summed E-state index contributed by atoms with van der Waals surface area (Å²) in [6.45, 7) is 4.94. The molecule has 0 aliphatic rings. The molecule has 2 N–H and O–H groups in total. The predicted octanol–water partition coefficient (Wildman–Crippen LogP) is 3.28. The zero-order valence-corrected chi connectivity index (χ0v) is 11.6. The van der Waals surface area contributed by atoms with Gasteiger partial charge in [0.25, 0.3) is 0 Å². The van der Waals surface area contributed by atoms with Crippen molar-refractivity contribution >= 4 is 11.3 Å². The first-order chi connectivity index (χ1) is 8.61. The molecule has 1 heterocycles. The van der Waals surface area contributed by atoms with Crippen molar-refractivity contribution in [1.29, 1.82) is 0 Å². The molecule has 0 atom stereocenters. The van der Waals surface area contributed by atoms with Gasteiger partial charge >= 0.3 is 0 Å². The lowest BCUT2D eigenvalue weighted by molar-refractivity contribution is 0.188. The van der Waals surface area contributed by atoms with Crippen molar-refractivity contribution in [3.63, 3.8) is 0 Å². The lowest BCUT2D eigenvalue weighted by atomic mass is 10.1. The molecule has 0 amide bonds. The standard InChI is InChI=1S/C15H19NOS/c1-15(2,11-17)16-10-13-8-9-14(18-13)12-6-4-3-5-7-12/h3-9,16-17H,10-11H2,1-2H3. The van der Waals surface area contributed by atoms with E-state index >= 15 is 0 Å². The van der Waals surface area contributed by atoms with Crippen molar-refractivity contribution in [2.75, 3.05) is 6.61 Å². The van der Waals surface area contributed by atoms with E-state index in [4.69, 9.17) is 0 Å². The molecule has 18 heavy (non-hydrogen) atoms. The number of hydrogen-bond donors (Lipinski definition) is 2. The molecule has 0 unspecified atom stereocenters. The Bertz CT molecular complexity index is 490. The molecule has 0 bridgehead atoms. The molecule has 2 aromatic rings. The third-order valence-electron chi connectivity index (χ3n) is 2.86. The van der Waals surface area contributed by atoms with E-state index in [2.05, 4.69) is 41.7 Å². The van der Waals surface area contributed by atoms with Crippen LogP contribution in [0.1, 0.15) is 18.7 Å². The van der Waals surface area contributed by atoms with E-state index in [1.165, 1.54) is 15.3 Å². The van der Waals surface area contributed by atoms with E-state index in [1.54, 1.807) is 11.3 Å². The average molecular weight is 261 g/mol. The lowest BCUT2D eigenvalue weighted by Crippen LogP contribution is -2.41. The molecule has 0 aliphatic heterocycles. The smallest absolute Gasteiger partial charge is 0.0607 e. The molecule has 2 rings (SSSR count). The first-order valence-electron chi connectivity index (χ1n) is 6.11. The average Bonchev–Trinajstić information content (AvgIpc) is 2.86. The number of aliphatic hydroxyl groups excluding tert-OH is 1. The second-order valence-corrected chi connectivity index (χ2v) is 6.20. The molecular weight excluding hydrogens is 242 g/mol. The number of rotatable bonds is 5. The van der Waals surface area contributed by atoms with Gasteiger partial charge in [0.1, 0.15) is 0 Å². The van der Waals surface area contributed by atoms with Gasteiger partial charge in [-0.05, 0) is 31.5 Å². The number of thiophene rings is 1. The third kappa shape index (κ3) is 3.42. The fourth-order valence-corrected chi connectivity index (χ4v) is 2.57. The fourth-order valence-electron chi connectivity index (χ4n) is 1.61. The number of nitrogens with one attached hydrogen (secondary N) is 1. The van der Waals surface area contributed by atoms with E-state index in [9.17, 15) is 5.11 Å². The molecule has 1 aromatic heterocycles. The van der Waals surface area contributed by atoms with Crippen LogP contribution in [0, 0.1) is 0 Å². The highest BCUT2D eigenvalue weighted by Gasteiger charge is 2.15. The van der Waals surface area contributed by atoms with Crippen LogP contribution >= 0.6 is 11.3 Å². The molecule has 96 valence electrons. The Morgan fingerprint density at radius 3 is 2.50 bits per heavy atom. The van der Waals surface area contributed by atoms with Gasteiger partial charge in [0.2, 0.25) is 0 Å². The molecule has 2 nitrogen and oxygen atoms in total. The molecule has 0 saturated heterocycles. The van der Waals surface area contributed by atoms with Crippen molar-refractivity contribution in [2.45, 2.75) is 25.9 Å². The molecular formula is C15H19NOS. The molecule has 0 aliphatic carbocycles. The Kier molecular flexibility index (Phi) is 4.17. The Morgan fingerprint density at radius 2 is 1.83 bits per heavy atom. The minimum atomic E-state index is -0.225. The van der Waals surface area contributed by atoms with Crippen LogP contribution in [-0.2, 0) is 6.54 Å². The maximum atomic E-state index is 9.20. The van der Waals surface area contributed by atoms with Crippen LogP contribution in [0.5, 0.6) is 0 Å². The Labute approximate surface area is 112 Å². The summed E-state index contributed by atoms with van der Waals surface area (Å²) in [7, 11) is 0. The van der Waals surface area contributed by atoms with Crippen molar-refractivity contribution < 1.29 is 5.11 Å². The van der Waals surface area contributed by atoms with Gasteiger partial charge in [-0.3, -0.25) is 0 Å². The van der Waals surface area contributed by atoms with E-state index in [1.807, 2.05) is 19.9 Å². The lowest BCUT2D eigenvalue weighted by Gasteiger charge is -2.22. The van der Waals surface area contributed by atoms with Crippen molar-refractivity contribution in [3.8, 4) is 10.4 Å². The third-order valence-corrected chi connectivity index (χ3v) is 3.99. The summed E-state index contributed by atoms with van der Waals surface area (Å²) >= 11 is 1.79. The molecule has 3 heteroatoms. The zero-order valence-electron chi connectivity index (χ0n) is 10.8. The Morgan fingerprint density at radius 1 is 1.11 bits per heavy atom. The van der Waals surface area contributed by atoms with Gasteiger partial charge < -0.3 is 10.4 Å². The van der Waals surface area contributed by atoms with Gasteiger partial charge in [-0.25, -0.2) is 0 Å². The van der Waals surface area contributed by atoms with Crippen LogP contribution in [0.15, 0.2) is 42.5 Å². The van der Waals surface area contributed by atoms with Crippen LogP contribution < -0.4 is 5.32 Å². The normalized spacial score (nSPS) is 11.7. The summed E-state index contributed by atoms with van der Waals surface area (Å²) in [5.41, 5.74) is 1.03. The highest BCUT2D eigenvalue weighted by molar-refractivity contribution is 7.15.